The van der Waals surface area contributed by atoms with Crippen LogP contribution in [0.15, 0.2) is 42.5 Å². The molecule has 24 heavy (non-hydrogen) atoms. The van der Waals surface area contributed by atoms with Crippen LogP contribution in [0, 0.1) is 17.1 Å². The van der Waals surface area contributed by atoms with Crippen molar-refractivity contribution < 1.29 is 24.1 Å². The monoisotopic (exact) mass is 324 g/mol. The largest absolute Gasteiger partial charge is 0.505 e. The van der Waals surface area contributed by atoms with Gasteiger partial charge >= 0.3 is 5.97 Å². The van der Waals surface area contributed by atoms with E-state index in [9.17, 15) is 19.6 Å². The first-order valence-corrected chi connectivity index (χ1v) is 6.73. The minimum absolute atomic E-state index is 0.148. The van der Waals surface area contributed by atoms with Crippen molar-refractivity contribution in [1.29, 1.82) is 5.26 Å². The third kappa shape index (κ3) is 2.68. The first-order valence-electron chi connectivity index (χ1n) is 6.73. The SMILES string of the molecule is N#Cc1nc(C(=O)O)c(O)c2ccc(Oc3ccc(F)cc3)cc12. The summed E-state index contributed by atoms with van der Waals surface area (Å²) < 4.78 is 18.5. The summed E-state index contributed by atoms with van der Waals surface area (Å²) in [5, 5.41) is 28.6. The number of hydrogen-bond acceptors (Lipinski definition) is 5. The molecule has 118 valence electrons. The summed E-state index contributed by atoms with van der Waals surface area (Å²) in [4.78, 5) is 14.7. The van der Waals surface area contributed by atoms with Crippen molar-refractivity contribution in [1.82, 2.24) is 4.98 Å². The summed E-state index contributed by atoms with van der Waals surface area (Å²) in [5.41, 5.74) is -0.740. The number of carbonyl (C=O) groups is 1. The van der Waals surface area contributed by atoms with Gasteiger partial charge in [-0.05, 0) is 42.5 Å². The molecule has 1 aromatic heterocycles. The fraction of sp³-hybridized carbons (Fsp3) is 0. The van der Waals surface area contributed by atoms with Crippen LogP contribution < -0.4 is 4.74 Å². The molecular weight excluding hydrogens is 315 g/mol. The molecule has 1 heterocycles. The molecule has 2 N–H and O–H groups in total. The Morgan fingerprint density at radius 2 is 1.79 bits per heavy atom. The van der Waals surface area contributed by atoms with Crippen LogP contribution in [-0.2, 0) is 0 Å². The van der Waals surface area contributed by atoms with Gasteiger partial charge in [-0.25, -0.2) is 14.2 Å². The van der Waals surface area contributed by atoms with E-state index in [-0.39, 0.29) is 16.5 Å². The minimum Gasteiger partial charge on any atom is -0.505 e. The normalized spacial score (nSPS) is 10.3. The first kappa shape index (κ1) is 15.2. The molecule has 0 aliphatic carbocycles. The third-order valence-electron chi connectivity index (χ3n) is 3.31. The molecule has 0 spiro atoms. The first-order chi connectivity index (χ1) is 11.5. The predicted molar refractivity (Wildman–Crippen MR) is 81.6 cm³/mol. The lowest BCUT2D eigenvalue weighted by Gasteiger charge is -2.09. The summed E-state index contributed by atoms with van der Waals surface area (Å²) >= 11 is 0. The van der Waals surface area contributed by atoms with Gasteiger partial charge in [0.2, 0.25) is 0 Å². The quantitative estimate of drug-likeness (QED) is 0.765. The van der Waals surface area contributed by atoms with E-state index in [0.29, 0.717) is 11.5 Å². The summed E-state index contributed by atoms with van der Waals surface area (Å²) in [6.45, 7) is 0. The van der Waals surface area contributed by atoms with Crippen molar-refractivity contribution in [3.05, 3.63) is 59.7 Å². The van der Waals surface area contributed by atoms with Crippen LogP contribution in [0.2, 0.25) is 0 Å². The molecule has 0 saturated heterocycles. The topological polar surface area (TPSA) is 103 Å². The maximum atomic E-state index is 12.9. The van der Waals surface area contributed by atoms with Crippen LogP contribution in [0.1, 0.15) is 16.2 Å². The minimum atomic E-state index is -1.43. The van der Waals surface area contributed by atoms with E-state index in [2.05, 4.69) is 4.98 Å². The highest BCUT2D eigenvalue weighted by Gasteiger charge is 2.18. The summed E-state index contributed by atoms with van der Waals surface area (Å²) in [6, 6.07) is 11.5. The summed E-state index contributed by atoms with van der Waals surface area (Å²) in [7, 11) is 0. The lowest BCUT2D eigenvalue weighted by Crippen LogP contribution is -2.03. The molecular formula is C17H9FN2O4. The Balaban J connectivity index is 2.11. The standard InChI is InChI=1S/C17H9FN2O4/c18-9-1-3-10(4-2-9)24-11-5-6-12-13(7-11)14(8-19)20-15(16(12)21)17(22)23/h1-7,21H,(H,22,23). The van der Waals surface area contributed by atoms with Gasteiger partial charge in [-0.15, -0.1) is 0 Å². The number of pyridine rings is 1. The van der Waals surface area contributed by atoms with Crippen LogP contribution in [0.25, 0.3) is 10.8 Å². The predicted octanol–water partition coefficient (Wildman–Crippen LogP) is 3.44. The highest BCUT2D eigenvalue weighted by Crippen LogP contribution is 2.33. The van der Waals surface area contributed by atoms with Gasteiger partial charge < -0.3 is 14.9 Å². The molecule has 3 rings (SSSR count). The van der Waals surface area contributed by atoms with Gasteiger partial charge in [-0.3, -0.25) is 0 Å². The van der Waals surface area contributed by atoms with E-state index < -0.39 is 23.2 Å². The average molecular weight is 324 g/mol. The van der Waals surface area contributed by atoms with E-state index in [1.54, 1.807) is 6.07 Å². The Labute approximate surface area is 135 Å². The number of carboxylic acid groups (broad SMARTS) is 1. The molecule has 0 amide bonds. The number of aromatic nitrogens is 1. The van der Waals surface area contributed by atoms with Crippen molar-refractivity contribution in [2.24, 2.45) is 0 Å². The molecule has 0 aliphatic rings. The Kier molecular flexibility index (Phi) is 3.72. The zero-order valence-electron chi connectivity index (χ0n) is 12.0. The van der Waals surface area contributed by atoms with Gasteiger partial charge in [-0.2, -0.15) is 5.26 Å². The molecule has 2 aromatic carbocycles. The van der Waals surface area contributed by atoms with Crippen molar-refractivity contribution in [3.8, 4) is 23.3 Å². The number of carboxylic acids is 1. The number of ether oxygens (including phenoxy) is 1. The van der Waals surface area contributed by atoms with E-state index in [1.807, 2.05) is 0 Å². The number of rotatable bonds is 3. The molecule has 0 fully saturated rings. The number of fused-ring (bicyclic) bond motifs is 1. The van der Waals surface area contributed by atoms with Gasteiger partial charge in [0.05, 0.1) is 0 Å². The van der Waals surface area contributed by atoms with Gasteiger partial charge in [-0.1, -0.05) is 0 Å². The molecule has 0 saturated carbocycles. The Bertz CT molecular complexity index is 994. The summed E-state index contributed by atoms with van der Waals surface area (Å²) in [5.74, 6) is -1.64. The third-order valence-corrected chi connectivity index (χ3v) is 3.31. The Morgan fingerprint density at radius 1 is 1.12 bits per heavy atom. The lowest BCUT2D eigenvalue weighted by molar-refractivity contribution is 0.0687. The molecule has 6 nitrogen and oxygen atoms in total. The van der Waals surface area contributed by atoms with E-state index in [4.69, 9.17) is 9.84 Å². The smallest absolute Gasteiger partial charge is 0.358 e. The second kappa shape index (κ2) is 5.85. The number of aromatic hydroxyl groups is 1. The maximum absolute atomic E-state index is 12.9. The zero-order valence-corrected chi connectivity index (χ0v) is 12.0. The zero-order chi connectivity index (χ0) is 17.3. The number of hydrogen-bond donors (Lipinski definition) is 2. The highest BCUT2D eigenvalue weighted by atomic mass is 19.1. The molecule has 3 aromatic rings. The number of halogens is 1. The van der Waals surface area contributed by atoms with Crippen LogP contribution in [0.3, 0.4) is 0 Å². The highest BCUT2D eigenvalue weighted by molar-refractivity contribution is 6.00. The maximum Gasteiger partial charge on any atom is 0.358 e. The van der Waals surface area contributed by atoms with Crippen molar-refractivity contribution in [2.75, 3.05) is 0 Å². The van der Waals surface area contributed by atoms with Crippen molar-refractivity contribution in [3.63, 3.8) is 0 Å². The number of aromatic carboxylic acids is 1. The molecule has 7 heteroatoms. The second-order valence-corrected chi connectivity index (χ2v) is 4.84. The fourth-order valence-electron chi connectivity index (χ4n) is 2.21. The summed E-state index contributed by atoms with van der Waals surface area (Å²) in [6.07, 6.45) is 0. The molecule has 0 aliphatic heterocycles. The van der Waals surface area contributed by atoms with Crippen molar-refractivity contribution >= 4 is 16.7 Å². The average Bonchev–Trinajstić information content (AvgIpc) is 2.57. The number of nitriles is 1. The molecule has 0 bridgehead atoms. The Morgan fingerprint density at radius 3 is 2.42 bits per heavy atom. The van der Waals surface area contributed by atoms with Gasteiger partial charge in [0.1, 0.15) is 29.1 Å². The van der Waals surface area contributed by atoms with Gasteiger partial charge in [0.15, 0.2) is 11.4 Å². The van der Waals surface area contributed by atoms with Crippen LogP contribution in [0.4, 0.5) is 4.39 Å². The fourth-order valence-corrected chi connectivity index (χ4v) is 2.21. The Hall–Kier alpha value is -3.66. The molecule has 0 radical (unpaired) electrons. The van der Waals surface area contributed by atoms with Crippen molar-refractivity contribution in [2.45, 2.75) is 0 Å². The van der Waals surface area contributed by atoms with Gasteiger partial charge in [0, 0.05) is 10.8 Å². The molecule has 0 atom stereocenters. The van der Waals surface area contributed by atoms with E-state index >= 15 is 0 Å². The van der Waals surface area contributed by atoms with Gasteiger partial charge in [0.25, 0.3) is 0 Å². The van der Waals surface area contributed by atoms with E-state index in [1.165, 1.54) is 42.5 Å². The van der Waals surface area contributed by atoms with Crippen LogP contribution in [0.5, 0.6) is 17.2 Å². The lowest BCUT2D eigenvalue weighted by atomic mass is 10.1. The number of benzene rings is 2. The van der Waals surface area contributed by atoms with Crippen LogP contribution >= 0.6 is 0 Å². The second-order valence-electron chi connectivity index (χ2n) is 4.84. The van der Waals surface area contributed by atoms with Crippen LogP contribution in [-0.4, -0.2) is 21.2 Å². The number of nitrogens with zero attached hydrogens (tertiary/aromatic N) is 2. The van der Waals surface area contributed by atoms with E-state index in [0.717, 1.165) is 0 Å². The molecule has 0 unspecified atom stereocenters.